The van der Waals surface area contributed by atoms with Gasteiger partial charge in [0.15, 0.2) is 0 Å². The molecule has 8 nitrogen and oxygen atoms in total. The number of fused-ring (bicyclic) bond motifs is 1. The van der Waals surface area contributed by atoms with Gasteiger partial charge >= 0.3 is 5.97 Å². The highest BCUT2D eigenvalue weighted by Crippen LogP contribution is 2.27. The zero-order valence-corrected chi connectivity index (χ0v) is 22.1. The monoisotopic (exact) mass is 534 g/mol. The van der Waals surface area contributed by atoms with Crippen molar-refractivity contribution in [3.05, 3.63) is 106 Å². The number of para-hydroxylation sites is 1. The Morgan fingerprint density at radius 2 is 1.79 bits per heavy atom. The molecule has 0 fully saturated rings. The molecule has 3 aromatic carbocycles. The standard InChI is InChI=1S/C29H30N2O6S/c1-3-4-8-23(18-38(35,36)31-19-30-27-12-6-5-10-26(27)28(31)32)21-13-15-24(16-14-21)37-17-22-9-7-11-25(20(22)2)29(33)34/h5-7,9-16,19,23H,3-4,8,17-18H2,1-2H3,(H,33,34). The van der Waals surface area contributed by atoms with Crippen LogP contribution < -0.4 is 10.3 Å². The van der Waals surface area contributed by atoms with Gasteiger partial charge in [-0.1, -0.05) is 56.2 Å². The minimum absolute atomic E-state index is 0.206. The van der Waals surface area contributed by atoms with Crippen molar-refractivity contribution in [2.75, 3.05) is 5.75 Å². The maximum atomic E-state index is 13.3. The predicted octanol–water partition coefficient (Wildman–Crippen LogP) is 5.13. The van der Waals surface area contributed by atoms with E-state index in [9.17, 15) is 23.1 Å². The molecular weight excluding hydrogens is 504 g/mol. The summed E-state index contributed by atoms with van der Waals surface area (Å²) in [4.78, 5) is 28.5. The first-order valence-electron chi connectivity index (χ1n) is 12.5. The number of carboxylic acids is 1. The third kappa shape index (κ3) is 5.94. The van der Waals surface area contributed by atoms with E-state index in [0.29, 0.717) is 23.3 Å². The van der Waals surface area contributed by atoms with Crippen LogP contribution in [0.5, 0.6) is 5.75 Å². The first kappa shape index (κ1) is 27.1. The smallest absolute Gasteiger partial charge is 0.335 e. The number of unbranched alkanes of at least 4 members (excludes halogenated alkanes) is 1. The van der Waals surface area contributed by atoms with Crippen molar-refractivity contribution >= 4 is 26.9 Å². The fraction of sp³-hybridized carbons (Fsp3) is 0.276. The summed E-state index contributed by atoms with van der Waals surface area (Å²) in [6.07, 6.45) is 3.48. The average Bonchev–Trinajstić information content (AvgIpc) is 2.91. The first-order valence-corrected chi connectivity index (χ1v) is 14.1. The Bertz CT molecular complexity index is 1610. The lowest BCUT2D eigenvalue weighted by Gasteiger charge is -2.19. The maximum absolute atomic E-state index is 13.3. The lowest BCUT2D eigenvalue weighted by atomic mass is 9.95. The summed E-state index contributed by atoms with van der Waals surface area (Å²) in [7, 11) is -3.97. The van der Waals surface area contributed by atoms with Crippen molar-refractivity contribution in [1.82, 2.24) is 8.96 Å². The van der Waals surface area contributed by atoms with Crippen LogP contribution in [0.4, 0.5) is 0 Å². The third-order valence-electron chi connectivity index (χ3n) is 6.68. The second-order valence-corrected chi connectivity index (χ2v) is 11.1. The van der Waals surface area contributed by atoms with Gasteiger partial charge < -0.3 is 9.84 Å². The number of ether oxygens (including phenoxy) is 1. The largest absolute Gasteiger partial charge is 0.489 e. The molecular formula is C29H30N2O6S. The van der Waals surface area contributed by atoms with Crippen molar-refractivity contribution in [3.8, 4) is 5.75 Å². The summed E-state index contributed by atoms with van der Waals surface area (Å²) in [5.74, 6) is -0.944. The third-order valence-corrected chi connectivity index (χ3v) is 8.36. The van der Waals surface area contributed by atoms with Gasteiger partial charge in [0.05, 0.1) is 22.2 Å². The molecule has 4 rings (SSSR count). The number of hydrogen-bond donors (Lipinski definition) is 1. The fourth-order valence-corrected chi connectivity index (χ4v) is 6.02. The van der Waals surface area contributed by atoms with Crippen molar-refractivity contribution < 1.29 is 23.1 Å². The molecule has 1 N–H and O–H groups in total. The van der Waals surface area contributed by atoms with E-state index in [-0.39, 0.29) is 29.2 Å². The summed E-state index contributed by atoms with van der Waals surface area (Å²) in [5.41, 5.74) is 2.35. The van der Waals surface area contributed by atoms with Gasteiger partial charge in [-0.3, -0.25) is 4.79 Å². The Balaban J connectivity index is 1.53. The van der Waals surface area contributed by atoms with Crippen molar-refractivity contribution in [2.24, 2.45) is 0 Å². The van der Waals surface area contributed by atoms with E-state index in [2.05, 4.69) is 4.98 Å². The molecule has 0 bridgehead atoms. The quantitative estimate of drug-likeness (QED) is 0.283. The van der Waals surface area contributed by atoms with Gasteiger partial charge in [0.25, 0.3) is 5.56 Å². The predicted molar refractivity (Wildman–Crippen MR) is 146 cm³/mol. The van der Waals surface area contributed by atoms with E-state index < -0.39 is 21.6 Å². The Morgan fingerprint density at radius 3 is 2.50 bits per heavy atom. The van der Waals surface area contributed by atoms with E-state index in [1.54, 1.807) is 55.5 Å². The summed E-state index contributed by atoms with van der Waals surface area (Å²) in [6, 6.07) is 19.0. The van der Waals surface area contributed by atoms with E-state index in [4.69, 9.17) is 4.74 Å². The Kier molecular flexibility index (Phi) is 8.26. The van der Waals surface area contributed by atoms with Crippen LogP contribution >= 0.6 is 0 Å². The molecule has 0 radical (unpaired) electrons. The number of nitrogens with zero attached hydrogens (tertiary/aromatic N) is 2. The second-order valence-electron chi connectivity index (χ2n) is 9.23. The molecule has 4 aromatic rings. The van der Waals surface area contributed by atoms with Gasteiger partial charge in [-0.2, -0.15) is 3.97 Å². The Hall–Kier alpha value is -3.98. The highest BCUT2D eigenvalue weighted by atomic mass is 32.2. The minimum Gasteiger partial charge on any atom is -0.489 e. The molecule has 0 spiro atoms. The van der Waals surface area contributed by atoms with Crippen molar-refractivity contribution in [1.29, 1.82) is 0 Å². The van der Waals surface area contributed by atoms with Gasteiger partial charge in [0.2, 0.25) is 10.0 Å². The zero-order chi connectivity index (χ0) is 27.3. The summed E-state index contributed by atoms with van der Waals surface area (Å²) >= 11 is 0. The molecule has 0 saturated heterocycles. The van der Waals surface area contributed by atoms with Crippen LogP contribution in [-0.2, 0) is 16.6 Å². The van der Waals surface area contributed by atoms with E-state index in [1.807, 2.05) is 25.1 Å². The van der Waals surface area contributed by atoms with E-state index >= 15 is 0 Å². The molecule has 9 heteroatoms. The van der Waals surface area contributed by atoms with Gasteiger partial charge in [-0.15, -0.1) is 0 Å². The molecule has 0 aliphatic rings. The summed E-state index contributed by atoms with van der Waals surface area (Å²) in [5, 5.41) is 9.59. The first-order chi connectivity index (χ1) is 18.2. The topological polar surface area (TPSA) is 116 Å². The maximum Gasteiger partial charge on any atom is 0.335 e. The van der Waals surface area contributed by atoms with Crippen LogP contribution in [0.1, 0.15) is 59.2 Å². The molecule has 1 aromatic heterocycles. The highest BCUT2D eigenvalue weighted by molar-refractivity contribution is 7.89. The molecule has 198 valence electrons. The number of hydrogen-bond acceptors (Lipinski definition) is 6. The number of benzene rings is 3. The normalized spacial score (nSPS) is 12.4. The number of rotatable bonds is 11. The molecule has 0 aliphatic carbocycles. The van der Waals surface area contributed by atoms with Crippen molar-refractivity contribution in [2.45, 2.75) is 45.6 Å². The molecule has 1 unspecified atom stereocenters. The van der Waals surface area contributed by atoms with Gasteiger partial charge in [-0.05, 0) is 66.3 Å². The van der Waals surface area contributed by atoms with Crippen LogP contribution in [0.25, 0.3) is 10.9 Å². The molecule has 0 amide bonds. The SMILES string of the molecule is CCCCC(CS(=O)(=O)n1cnc2ccccc2c1=O)c1ccc(OCc2cccc(C(=O)O)c2C)cc1. The van der Waals surface area contributed by atoms with Crippen LogP contribution in [-0.4, -0.2) is 34.2 Å². The zero-order valence-electron chi connectivity index (χ0n) is 21.3. The minimum atomic E-state index is -3.97. The molecule has 1 heterocycles. The van der Waals surface area contributed by atoms with Crippen LogP contribution in [0, 0.1) is 6.92 Å². The van der Waals surface area contributed by atoms with Crippen LogP contribution in [0.2, 0.25) is 0 Å². The fourth-order valence-electron chi connectivity index (χ4n) is 4.45. The van der Waals surface area contributed by atoms with Gasteiger partial charge in [-0.25, -0.2) is 18.2 Å². The number of aromatic carboxylic acids is 1. The Morgan fingerprint density at radius 1 is 1.05 bits per heavy atom. The Labute approximate surface area is 221 Å². The highest BCUT2D eigenvalue weighted by Gasteiger charge is 2.24. The molecule has 0 saturated carbocycles. The summed E-state index contributed by atoms with van der Waals surface area (Å²) in [6.45, 7) is 4.00. The number of carboxylic acid groups (broad SMARTS) is 1. The average molecular weight is 535 g/mol. The van der Waals surface area contributed by atoms with E-state index in [0.717, 1.165) is 34.3 Å². The molecule has 1 atom stereocenters. The van der Waals surface area contributed by atoms with Crippen LogP contribution in [0.3, 0.4) is 0 Å². The van der Waals surface area contributed by atoms with Crippen molar-refractivity contribution in [3.63, 3.8) is 0 Å². The van der Waals surface area contributed by atoms with Gasteiger partial charge in [0.1, 0.15) is 18.7 Å². The summed E-state index contributed by atoms with van der Waals surface area (Å²) < 4.78 is 33.3. The van der Waals surface area contributed by atoms with Gasteiger partial charge in [0, 0.05) is 0 Å². The number of aromatic nitrogens is 2. The lowest BCUT2D eigenvalue weighted by Crippen LogP contribution is -2.31. The lowest BCUT2D eigenvalue weighted by molar-refractivity contribution is 0.0696. The van der Waals surface area contributed by atoms with E-state index in [1.165, 1.54) is 0 Å². The second kappa shape index (κ2) is 11.6. The molecule has 38 heavy (non-hydrogen) atoms. The van der Waals surface area contributed by atoms with Crippen LogP contribution in [0.15, 0.2) is 77.9 Å². The number of carbonyl (C=O) groups is 1. The molecule has 0 aliphatic heterocycles.